The normalized spacial score (nSPS) is 20.2. The van der Waals surface area contributed by atoms with Gasteiger partial charge in [-0.15, -0.1) is 0 Å². The van der Waals surface area contributed by atoms with E-state index in [4.69, 9.17) is 4.74 Å². The maximum Gasteiger partial charge on any atom is 0.222 e. The predicted octanol–water partition coefficient (Wildman–Crippen LogP) is 3.00. The molecule has 0 atom stereocenters. The number of Topliss-reactive ketones (excluding diaryl/α,β-unsaturated/α-hetero) is 1. The molecule has 2 heterocycles. The van der Waals surface area contributed by atoms with Gasteiger partial charge in [-0.2, -0.15) is 0 Å². The molecule has 0 bridgehead atoms. The summed E-state index contributed by atoms with van der Waals surface area (Å²) in [6.07, 6.45) is 5.53. The van der Waals surface area contributed by atoms with Crippen LogP contribution in [-0.2, 0) is 9.53 Å². The third-order valence-corrected chi connectivity index (χ3v) is 6.20. The van der Waals surface area contributed by atoms with Crippen molar-refractivity contribution in [1.29, 1.82) is 0 Å². The van der Waals surface area contributed by atoms with Crippen LogP contribution in [0.1, 0.15) is 48.9 Å². The van der Waals surface area contributed by atoms with Crippen molar-refractivity contribution in [2.24, 2.45) is 5.41 Å². The van der Waals surface area contributed by atoms with Crippen LogP contribution in [0, 0.1) is 5.41 Å². The SMILES string of the molecule is COCCN1CC2(CCC1=O)CCN(CCCC(=O)c1ccccc1)CC2. The van der Waals surface area contributed by atoms with Crippen LogP contribution in [0.4, 0.5) is 0 Å². The van der Waals surface area contributed by atoms with Crippen molar-refractivity contribution >= 4 is 11.7 Å². The summed E-state index contributed by atoms with van der Waals surface area (Å²) in [5.41, 5.74) is 1.11. The van der Waals surface area contributed by atoms with Gasteiger partial charge < -0.3 is 14.5 Å². The van der Waals surface area contributed by atoms with Crippen LogP contribution in [0.5, 0.6) is 0 Å². The van der Waals surface area contributed by atoms with E-state index >= 15 is 0 Å². The molecule has 0 radical (unpaired) electrons. The molecule has 0 unspecified atom stereocenters. The van der Waals surface area contributed by atoms with Gasteiger partial charge in [0.25, 0.3) is 0 Å². The maximum atomic E-state index is 12.2. The van der Waals surface area contributed by atoms with Crippen LogP contribution in [-0.4, -0.2) is 67.9 Å². The molecule has 2 aliphatic heterocycles. The molecule has 27 heavy (non-hydrogen) atoms. The van der Waals surface area contributed by atoms with Gasteiger partial charge in [0.15, 0.2) is 5.78 Å². The van der Waals surface area contributed by atoms with Crippen molar-refractivity contribution in [3.63, 3.8) is 0 Å². The molecule has 0 saturated carbocycles. The van der Waals surface area contributed by atoms with Gasteiger partial charge >= 0.3 is 0 Å². The Morgan fingerprint density at radius 2 is 1.85 bits per heavy atom. The van der Waals surface area contributed by atoms with E-state index in [1.54, 1.807) is 7.11 Å². The van der Waals surface area contributed by atoms with Gasteiger partial charge in [0.2, 0.25) is 5.91 Å². The van der Waals surface area contributed by atoms with Crippen LogP contribution in [0.25, 0.3) is 0 Å². The Kier molecular flexibility index (Phi) is 7.02. The summed E-state index contributed by atoms with van der Waals surface area (Å²) in [7, 11) is 1.69. The highest BCUT2D eigenvalue weighted by Crippen LogP contribution is 2.40. The fraction of sp³-hybridized carbons (Fsp3) is 0.636. The second kappa shape index (κ2) is 9.47. The lowest BCUT2D eigenvalue weighted by Crippen LogP contribution is -2.52. The number of piperidine rings is 2. The Morgan fingerprint density at radius 1 is 1.11 bits per heavy atom. The fourth-order valence-corrected chi connectivity index (χ4v) is 4.40. The van der Waals surface area contributed by atoms with Crippen LogP contribution in [0.3, 0.4) is 0 Å². The van der Waals surface area contributed by atoms with Crippen LogP contribution >= 0.6 is 0 Å². The Labute approximate surface area is 162 Å². The Balaban J connectivity index is 1.41. The molecule has 0 aliphatic carbocycles. The van der Waals surface area contributed by atoms with E-state index in [1.807, 2.05) is 35.2 Å². The van der Waals surface area contributed by atoms with Gasteiger partial charge in [0, 0.05) is 38.6 Å². The van der Waals surface area contributed by atoms with E-state index in [0.717, 1.165) is 57.4 Å². The summed E-state index contributed by atoms with van der Waals surface area (Å²) in [6, 6.07) is 9.57. The number of ether oxygens (including phenoxy) is 1. The van der Waals surface area contributed by atoms with E-state index in [9.17, 15) is 9.59 Å². The third kappa shape index (κ3) is 5.39. The number of hydrogen-bond acceptors (Lipinski definition) is 4. The number of rotatable bonds is 8. The molecule has 3 rings (SSSR count). The summed E-state index contributed by atoms with van der Waals surface area (Å²) in [6.45, 7) is 5.35. The maximum absolute atomic E-state index is 12.2. The number of nitrogens with zero attached hydrogens (tertiary/aromatic N) is 2. The van der Waals surface area contributed by atoms with Gasteiger partial charge in [-0.3, -0.25) is 9.59 Å². The highest BCUT2D eigenvalue weighted by atomic mass is 16.5. The average molecular weight is 373 g/mol. The first-order valence-corrected chi connectivity index (χ1v) is 10.2. The lowest BCUT2D eigenvalue weighted by Gasteiger charge is -2.47. The first kappa shape index (κ1) is 20.0. The second-order valence-corrected chi connectivity index (χ2v) is 8.04. The molecule has 148 valence electrons. The van der Waals surface area contributed by atoms with E-state index in [-0.39, 0.29) is 17.1 Å². The van der Waals surface area contributed by atoms with Gasteiger partial charge in [-0.25, -0.2) is 0 Å². The summed E-state index contributed by atoms with van der Waals surface area (Å²) in [5, 5.41) is 0. The Bertz CT molecular complexity index is 624. The van der Waals surface area contributed by atoms with E-state index in [1.165, 1.54) is 0 Å². The molecule has 2 saturated heterocycles. The summed E-state index contributed by atoms with van der Waals surface area (Å²) in [5.74, 6) is 0.517. The minimum atomic E-state index is 0.239. The number of methoxy groups -OCH3 is 1. The zero-order valence-electron chi connectivity index (χ0n) is 16.5. The molecule has 5 nitrogen and oxygen atoms in total. The molecule has 2 aliphatic rings. The van der Waals surface area contributed by atoms with E-state index in [2.05, 4.69) is 4.90 Å². The molecule has 2 fully saturated rings. The molecule has 1 spiro atoms. The highest BCUT2D eigenvalue weighted by Gasteiger charge is 2.40. The van der Waals surface area contributed by atoms with E-state index in [0.29, 0.717) is 26.0 Å². The summed E-state index contributed by atoms with van der Waals surface area (Å²) in [4.78, 5) is 28.8. The molecular formula is C22H32N2O3. The van der Waals surface area contributed by atoms with Crippen LogP contribution in [0.2, 0.25) is 0 Å². The molecule has 5 heteroatoms. The minimum absolute atomic E-state index is 0.239. The van der Waals surface area contributed by atoms with E-state index < -0.39 is 0 Å². The van der Waals surface area contributed by atoms with Gasteiger partial charge in [0.05, 0.1) is 6.61 Å². The van der Waals surface area contributed by atoms with Gasteiger partial charge in [0.1, 0.15) is 0 Å². The summed E-state index contributed by atoms with van der Waals surface area (Å²) < 4.78 is 5.15. The smallest absolute Gasteiger partial charge is 0.222 e. The van der Waals surface area contributed by atoms with Crippen LogP contribution in [0.15, 0.2) is 30.3 Å². The topological polar surface area (TPSA) is 49.9 Å². The number of benzene rings is 1. The zero-order valence-corrected chi connectivity index (χ0v) is 16.5. The molecule has 0 N–H and O–H groups in total. The largest absolute Gasteiger partial charge is 0.383 e. The number of ketones is 1. The lowest BCUT2D eigenvalue weighted by molar-refractivity contribution is -0.139. The standard InChI is InChI=1S/C22H32N2O3/c1-27-17-16-24-18-22(10-9-21(24)26)11-14-23(15-12-22)13-5-8-20(25)19-6-3-2-4-7-19/h2-4,6-7H,5,8-18H2,1H3. The van der Waals surface area contributed by atoms with Crippen molar-refractivity contribution in [2.75, 3.05) is 46.4 Å². The number of hydrogen-bond donors (Lipinski definition) is 0. The van der Waals surface area contributed by atoms with Gasteiger partial charge in [-0.1, -0.05) is 30.3 Å². The molecule has 0 aromatic heterocycles. The summed E-state index contributed by atoms with van der Waals surface area (Å²) >= 11 is 0. The van der Waals surface area contributed by atoms with Crippen molar-refractivity contribution in [3.05, 3.63) is 35.9 Å². The molecule has 1 aromatic carbocycles. The monoisotopic (exact) mass is 372 g/mol. The molecule has 1 aromatic rings. The van der Waals surface area contributed by atoms with Crippen LogP contribution < -0.4 is 0 Å². The minimum Gasteiger partial charge on any atom is -0.383 e. The lowest BCUT2D eigenvalue weighted by atomic mass is 9.72. The van der Waals surface area contributed by atoms with Crippen molar-refractivity contribution in [3.8, 4) is 0 Å². The molecular weight excluding hydrogens is 340 g/mol. The van der Waals surface area contributed by atoms with Crippen molar-refractivity contribution < 1.29 is 14.3 Å². The predicted molar refractivity (Wildman–Crippen MR) is 106 cm³/mol. The Morgan fingerprint density at radius 3 is 2.56 bits per heavy atom. The zero-order chi connectivity index (χ0) is 19.1. The first-order chi connectivity index (χ1) is 13.1. The second-order valence-electron chi connectivity index (χ2n) is 8.04. The van der Waals surface area contributed by atoms with Crippen molar-refractivity contribution in [2.45, 2.75) is 38.5 Å². The molecule has 1 amide bonds. The van der Waals surface area contributed by atoms with Gasteiger partial charge in [-0.05, 0) is 50.7 Å². The fourth-order valence-electron chi connectivity index (χ4n) is 4.40. The number of carbonyl (C=O) groups excluding carboxylic acids is 2. The quantitative estimate of drug-likeness (QED) is 0.658. The average Bonchev–Trinajstić information content (AvgIpc) is 2.71. The first-order valence-electron chi connectivity index (χ1n) is 10.2. The number of likely N-dealkylation sites (tertiary alicyclic amines) is 2. The van der Waals surface area contributed by atoms with Crippen molar-refractivity contribution in [1.82, 2.24) is 9.80 Å². The third-order valence-electron chi connectivity index (χ3n) is 6.20. The number of amides is 1. The number of carbonyl (C=O) groups is 2. The highest BCUT2D eigenvalue weighted by molar-refractivity contribution is 5.95. The Hall–Kier alpha value is -1.72.